The molecule has 51 heavy (non-hydrogen) atoms. The third-order valence-corrected chi connectivity index (χ3v) is 9.66. The molecule has 0 radical (unpaired) electrons. The van der Waals surface area contributed by atoms with E-state index in [9.17, 15) is 0 Å². The molecular weight excluding hydrogens is 625 g/mol. The molecule has 1 aliphatic rings. The molecular formula is C46H44N4O. The summed E-state index contributed by atoms with van der Waals surface area (Å²) in [7, 11) is 0. The van der Waals surface area contributed by atoms with Gasteiger partial charge in [0, 0.05) is 52.9 Å². The normalized spacial score (nSPS) is 13.2. The van der Waals surface area contributed by atoms with Gasteiger partial charge in [-0.2, -0.15) is 0 Å². The first-order valence-electron chi connectivity index (χ1n) is 17.9. The highest BCUT2D eigenvalue weighted by Crippen LogP contribution is 2.37. The van der Waals surface area contributed by atoms with E-state index in [-0.39, 0.29) is 5.41 Å². The zero-order valence-corrected chi connectivity index (χ0v) is 30.0. The van der Waals surface area contributed by atoms with Gasteiger partial charge in [0.05, 0.1) is 17.7 Å². The summed E-state index contributed by atoms with van der Waals surface area (Å²) in [5, 5.41) is 2.37. The van der Waals surface area contributed by atoms with Crippen LogP contribution in [0.3, 0.4) is 0 Å². The van der Waals surface area contributed by atoms with Crippen molar-refractivity contribution in [3.05, 3.63) is 157 Å². The van der Waals surface area contributed by atoms with E-state index in [1.165, 1.54) is 38.7 Å². The second-order valence-corrected chi connectivity index (χ2v) is 15.0. The van der Waals surface area contributed by atoms with Gasteiger partial charge in [0.1, 0.15) is 17.3 Å². The summed E-state index contributed by atoms with van der Waals surface area (Å²) in [5.74, 6) is 3.06. The Morgan fingerprint density at radius 1 is 0.647 bits per heavy atom. The molecule has 0 aliphatic carbocycles. The van der Waals surface area contributed by atoms with E-state index >= 15 is 0 Å². The molecule has 0 N–H and O–H groups in total. The third-order valence-electron chi connectivity index (χ3n) is 9.66. The minimum Gasteiger partial charge on any atom is -0.457 e. The van der Waals surface area contributed by atoms with Gasteiger partial charge >= 0.3 is 0 Å². The van der Waals surface area contributed by atoms with Crippen molar-refractivity contribution < 1.29 is 4.74 Å². The number of hydrogen-bond donors (Lipinski definition) is 0. The Bertz CT molecular complexity index is 2380. The van der Waals surface area contributed by atoms with E-state index in [2.05, 4.69) is 183 Å². The molecule has 5 heteroatoms. The standard InChI is InChI=1S/C46H44N4O/c1-32(2)24-33-25-35(34-12-7-6-8-13-34)27-38(26-33)49-23-22-48(31-49)37-14-11-15-39(29-37)51-40-18-19-42-41-16-9-10-17-43(41)50(44(42)30-40)45-28-36(20-21-47-45)46(3,4)5/h6-23,25-30,32H,24,31H2,1-5H3. The largest absolute Gasteiger partial charge is 0.457 e. The van der Waals surface area contributed by atoms with Gasteiger partial charge < -0.3 is 14.5 Å². The van der Waals surface area contributed by atoms with Crippen LogP contribution in [-0.2, 0) is 11.8 Å². The number of para-hydroxylation sites is 1. The summed E-state index contributed by atoms with van der Waals surface area (Å²) in [5.41, 5.74) is 9.57. The number of hydrogen-bond acceptors (Lipinski definition) is 4. The molecule has 0 saturated heterocycles. The highest BCUT2D eigenvalue weighted by Gasteiger charge is 2.20. The number of nitrogens with zero attached hydrogens (tertiary/aromatic N) is 4. The molecule has 254 valence electrons. The zero-order valence-electron chi connectivity index (χ0n) is 30.0. The quantitative estimate of drug-likeness (QED) is 0.161. The Morgan fingerprint density at radius 3 is 2.20 bits per heavy atom. The van der Waals surface area contributed by atoms with Gasteiger partial charge in [-0.05, 0) is 94.6 Å². The number of rotatable bonds is 8. The lowest BCUT2D eigenvalue weighted by Crippen LogP contribution is -2.24. The van der Waals surface area contributed by atoms with Crippen LogP contribution in [0.1, 0.15) is 45.7 Å². The Balaban J connectivity index is 1.07. The molecule has 0 spiro atoms. The molecule has 7 aromatic rings. The fourth-order valence-electron chi connectivity index (χ4n) is 7.11. The van der Waals surface area contributed by atoms with Crippen molar-refractivity contribution in [1.82, 2.24) is 9.55 Å². The zero-order chi connectivity index (χ0) is 35.1. The molecule has 0 saturated carbocycles. The summed E-state index contributed by atoms with van der Waals surface area (Å²) in [6, 6.07) is 45.2. The molecule has 5 nitrogen and oxygen atoms in total. The Labute approximate surface area is 301 Å². The van der Waals surface area contributed by atoms with Gasteiger partial charge in [-0.25, -0.2) is 4.98 Å². The van der Waals surface area contributed by atoms with Gasteiger partial charge in [-0.1, -0.05) is 95.3 Å². The third kappa shape index (κ3) is 6.60. The van der Waals surface area contributed by atoms with Crippen LogP contribution in [0.4, 0.5) is 11.4 Å². The van der Waals surface area contributed by atoms with Crippen LogP contribution >= 0.6 is 0 Å². The van der Waals surface area contributed by atoms with E-state index in [1.54, 1.807) is 0 Å². The summed E-state index contributed by atoms with van der Waals surface area (Å²) in [4.78, 5) is 9.42. The van der Waals surface area contributed by atoms with Gasteiger partial charge in [0.2, 0.25) is 0 Å². The van der Waals surface area contributed by atoms with Crippen molar-refractivity contribution in [3.8, 4) is 28.4 Å². The van der Waals surface area contributed by atoms with Crippen molar-refractivity contribution in [1.29, 1.82) is 0 Å². The first-order chi connectivity index (χ1) is 24.7. The average molecular weight is 669 g/mol. The topological polar surface area (TPSA) is 33.5 Å². The number of ether oxygens (including phenoxy) is 1. The van der Waals surface area contributed by atoms with Crippen molar-refractivity contribution in [2.45, 2.75) is 46.5 Å². The van der Waals surface area contributed by atoms with Crippen LogP contribution in [0.2, 0.25) is 0 Å². The second-order valence-electron chi connectivity index (χ2n) is 15.0. The summed E-state index contributed by atoms with van der Waals surface area (Å²) < 4.78 is 8.84. The van der Waals surface area contributed by atoms with E-state index < -0.39 is 0 Å². The second kappa shape index (κ2) is 13.1. The van der Waals surface area contributed by atoms with Gasteiger partial charge in [-0.15, -0.1) is 0 Å². The molecule has 0 unspecified atom stereocenters. The van der Waals surface area contributed by atoms with Crippen LogP contribution in [0.5, 0.6) is 11.5 Å². The minimum absolute atomic E-state index is 0.0141. The van der Waals surface area contributed by atoms with Gasteiger partial charge in [0.15, 0.2) is 0 Å². The molecule has 2 aromatic heterocycles. The van der Waals surface area contributed by atoms with E-state index in [0.717, 1.165) is 47.1 Å². The fourth-order valence-corrected chi connectivity index (χ4v) is 7.11. The smallest absolute Gasteiger partial charge is 0.137 e. The lowest BCUT2D eigenvalue weighted by atomic mass is 9.88. The van der Waals surface area contributed by atoms with Crippen LogP contribution < -0.4 is 14.5 Å². The maximum absolute atomic E-state index is 6.58. The Morgan fingerprint density at radius 2 is 1.39 bits per heavy atom. The Kier molecular flexibility index (Phi) is 8.35. The first kappa shape index (κ1) is 32.4. The average Bonchev–Trinajstić information content (AvgIpc) is 3.75. The molecule has 0 amide bonds. The van der Waals surface area contributed by atoms with E-state index in [4.69, 9.17) is 9.72 Å². The van der Waals surface area contributed by atoms with Crippen LogP contribution in [-0.4, -0.2) is 16.2 Å². The predicted octanol–water partition coefficient (Wildman–Crippen LogP) is 11.9. The van der Waals surface area contributed by atoms with E-state index in [0.29, 0.717) is 5.92 Å². The van der Waals surface area contributed by atoms with Crippen molar-refractivity contribution >= 4 is 33.2 Å². The summed E-state index contributed by atoms with van der Waals surface area (Å²) >= 11 is 0. The maximum atomic E-state index is 6.58. The molecule has 0 bridgehead atoms. The summed E-state index contributed by atoms with van der Waals surface area (Å²) in [6.07, 6.45) is 7.29. The van der Waals surface area contributed by atoms with Gasteiger partial charge in [-0.3, -0.25) is 4.57 Å². The molecule has 8 rings (SSSR count). The van der Waals surface area contributed by atoms with Gasteiger partial charge in [0.25, 0.3) is 0 Å². The van der Waals surface area contributed by atoms with Crippen LogP contribution in [0, 0.1) is 5.92 Å². The molecule has 0 fully saturated rings. The van der Waals surface area contributed by atoms with Crippen LogP contribution in [0.15, 0.2) is 146 Å². The first-order valence-corrected chi connectivity index (χ1v) is 17.9. The molecule has 3 heterocycles. The highest BCUT2D eigenvalue weighted by molar-refractivity contribution is 6.09. The summed E-state index contributed by atoms with van der Waals surface area (Å²) in [6.45, 7) is 12.0. The number of fused-ring (bicyclic) bond motifs is 3. The number of anilines is 2. The SMILES string of the molecule is CC(C)Cc1cc(-c2ccccc2)cc(N2C=CN(c3cccc(Oc4ccc5c6ccccc6n(-c6cc(C(C)(C)C)ccn6)c5c4)c3)C2)c1. The molecule has 5 aromatic carbocycles. The van der Waals surface area contributed by atoms with Crippen LogP contribution in [0.25, 0.3) is 38.8 Å². The number of aromatic nitrogens is 2. The number of benzene rings is 5. The van der Waals surface area contributed by atoms with Crippen molar-refractivity contribution in [2.75, 3.05) is 16.5 Å². The predicted molar refractivity (Wildman–Crippen MR) is 213 cm³/mol. The minimum atomic E-state index is 0.0141. The number of pyridine rings is 1. The fraction of sp³-hybridized carbons (Fsp3) is 0.196. The molecule has 1 aliphatic heterocycles. The Hall–Kier alpha value is -5.81. The van der Waals surface area contributed by atoms with E-state index in [1.807, 2.05) is 12.3 Å². The lowest BCUT2D eigenvalue weighted by Gasteiger charge is -2.23. The van der Waals surface area contributed by atoms with Crippen molar-refractivity contribution in [2.24, 2.45) is 5.92 Å². The highest BCUT2D eigenvalue weighted by atomic mass is 16.5. The maximum Gasteiger partial charge on any atom is 0.137 e. The monoisotopic (exact) mass is 668 g/mol. The lowest BCUT2D eigenvalue weighted by molar-refractivity contribution is 0.483. The molecule has 0 atom stereocenters. The van der Waals surface area contributed by atoms with Crippen molar-refractivity contribution in [3.63, 3.8) is 0 Å².